The first-order chi connectivity index (χ1) is 8.72. The van der Waals surface area contributed by atoms with Gasteiger partial charge in [0.2, 0.25) is 5.22 Å². The number of nitrogens with zero attached hydrogens (tertiary/aromatic N) is 2. The lowest BCUT2D eigenvalue weighted by Gasteiger charge is -2.21. The van der Waals surface area contributed by atoms with Crippen LogP contribution in [0.15, 0.2) is 16.7 Å². The van der Waals surface area contributed by atoms with Crippen molar-refractivity contribution in [2.45, 2.75) is 6.42 Å². The van der Waals surface area contributed by atoms with Crippen molar-refractivity contribution in [3.8, 4) is 0 Å². The van der Waals surface area contributed by atoms with Crippen molar-refractivity contribution in [1.29, 1.82) is 0 Å². The maximum atomic E-state index is 12.2. The zero-order valence-corrected chi connectivity index (χ0v) is 10.9. The SMILES string of the molecule is O=C(c1ccoc1Cl)N1CCCN(CCO)CC1. The summed E-state index contributed by atoms with van der Waals surface area (Å²) in [5.74, 6) is -0.0837. The van der Waals surface area contributed by atoms with Crippen molar-refractivity contribution in [1.82, 2.24) is 9.80 Å². The standard InChI is InChI=1S/C12H17ClN2O3/c13-11-10(2-9-18-11)12(17)15-4-1-3-14(5-6-15)7-8-16/h2,9,16H,1,3-8H2. The van der Waals surface area contributed by atoms with Gasteiger partial charge < -0.3 is 14.4 Å². The molecule has 1 aliphatic rings. The Labute approximate surface area is 111 Å². The summed E-state index contributed by atoms with van der Waals surface area (Å²) < 4.78 is 4.94. The summed E-state index contributed by atoms with van der Waals surface area (Å²) in [5.41, 5.74) is 0.423. The summed E-state index contributed by atoms with van der Waals surface area (Å²) >= 11 is 5.82. The average Bonchev–Trinajstić information content (AvgIpc) is 2.64. The smallest absolute Gasteiger partial charge is 0.258 e. The summed E-state index contributed by atoms with van der Waals surface area (Å²) in [7, 11) is 0. The zero-order chi connectivity index (χ0) is 13.0. The Morgan fingerprint density at radius 2 is 2.22 bits per heavy atom. The Balaban J connectivity index is 1.98. The molecule has 0 unspecified atom stereocenters. The van der Waals surface area contributed by atoms with Crippen LogP contribution >= 0.6 is 11.6 Å². The zero-order valence-electron chi connectivity index (χ0n) is 10.1. The van der Waals surface area contributed by atoms with Crippen molar-refractivity contribution in [3.05, 3.63) is 23.1 Å². The van der Waals surface area contributed by atoms with Crippen LogP contribution in [0.1, 0.15) is 16.8 Å². The Morgan fingerprint density at radius 3 is 2.89 bits per heavy atom. The van der Waals surface area contributed by atoms with Crippen molar-refractivity contribution in [2.24, 2.45) is 0 Å². The second kappa shape index (κ2) is 6.22. The van der Waals surface area contributed by atoms with E-state index in [9.17, 15) is 4.79 Å². The van der Waals surface area contributed by atoms with Crippen LogP contribution in [0.3, 0.4) is 0 Å². The molecule has 0 aliphatic carbocycles. The summed E-state index contributed by atoms with van der Waals surface area (Å²) in [5, 5.41) is 9.07. The lowest BCUT2D eigenvalue weighted by atomic mass is 10.3. The molecule has 0 saturated carbocycles. The molecule has 1 N–H and O–H groups in total. The minimum atomic E-state index is -0.0837. The molecule has 1 saturated heterocycles. The van der Waals surface area contributed by atoms with Crippen LogP contribution in [0.2, 0.25) is 5.22 Å². The summed E-state index contributed by atoms with van der Waals surface area (Å²) in [6.45, 7) is 3.86. The van der Waals surface area contributed by atoms with E-state index < -0.39 is 0 Å². The number of β-amino-alcohol motifs (C(OH)–C–C–N with tert-alkyl or cyclic N) is 1. The first kappa shape index (κ1) is 13.4. The molecule has 18 heavy (non-hydrogen) atoms. The highest BCUT2D eigenvalue weighted by Crippen LogP contribution is 2.19. The minimum absolute atomic E-state index is 0.0837. The maximum Gasteiger partial charge on any atom is 0.258 e. The number of carbonyl (C=O) groups is 1. The predicted octanol–water partition coefficient (Wildman–Crippen LogP) is 1.07. The molecule has 100 valence electrons. The van der Waals surface area contributed by atoms with Crippen LogP contribution in [-0.2, 0) is 0 Å². The van der Waals surface area contributed by atoms with Crippen LogP contribution in [0, 0.1) is 0 Å². The lowest BCUT2D eigenvalue weighted by molar-refractivity contribution is 0.0760. The number of carbonyl (C=O) groups excluding carboxylic acids is 1. The average molecular weight is 273 g/mol. The van der Waals surface area contributed by atoms with Gasteiger partial charge in [-0.3, -0.25) is 9.69 Å². The number of hydrogen-bond donors (Lipinski definition) is 1. The van der Waals surface area contributed by atoms with Gasteiger partial charge in [-0.1, -0.05) is 0 Å². The highest BCUT2D eigenvalue weighted by molar-refractivity contribution is 6.32. The fourth-order valence-corrected chi connectivity index (χ4v) is 2.35. The van der Waals surface area contributed by atoms with Crippen LogP contribution in [0.4, 0.5) is 0 Å². The molecular formula is C12H17ClN2O3. The molecule has 1 aromatic rings. The number of furan rings is 1. The summed E-state index contributed by atoms with van der Waals surface area (Å²) in [6, 6.07) is 1.60. The molecule has 6 heteroatoms. The van der Waals surface area contributed by atoms with E-state index in [1.165, 1.54) is 6.26 Å². The first-order valence-corrected chi connectivity index (χ1v) is 6.45. The molecule has 1 aromatic heterocycles. The third-order valence-corrected chi connectivity index (χ3v) is 3.43. The van der Waals surface area contributed by atoms with Gasteiger partial charge in [0.1, 0.15) is 0 Å². The van der Waals surface area contributed by atoms with Crippen molar-refractivity contribution in [3.63, 3.8) is 0 Å². The normalized spacial score (nSPS) is 17.8. The molecule has 0 bridgehead atoms. The van der Waals surface area contributed by atoms with E-state index in [1.807, 2.05) is 0 Å². The van der Waals surface area contributed by atoms with Gasteiger partial charge in [0.05, 0.1) is 18.4 Å². The van der Waals surface area contributed by atoms with E-state index in [1.54, 1.807) is 11.0 Å². The van der Waals surface area contributed by atoms with Crippen LogP contribution < -0.4 is 0 Å². The third kappa shape index (κ3) is 3.04. The fraction of sp³-hybridized carbons (Fsp3) is 0.583. The number of aliphatic hydroxyl groups is 1. The van der Waals surface area contributed by atoms with E-state index in [4.69, 9.17) is 21.1 Å². The topological polar surface area (TPSA) is 56.9 Å². The highest BCUT2D eigenvalue weighted by atomic mass is 35.5. The predicted molar refractivity (Wildman–Crippen MR) is 67.8 cm³/mol. The van der Waals surface area contributed by atoms with E-state index >= 15 is 0 Å². The lowest BCUT2D eigenvalue weighted by Crippen LogP contribution is -2.35. The minimum Gasteiger partial charge on any atom is -0.452 e. The van der Waals surface area contributed by atoms with Gasteiger partial charge in [-0.2, -0.15) is 0 Å². The molecule has 0 atom stereocenters. The fourth-order valence-electron chi connectivity index (χ4n) is 2.16. The van der Waals surface area contributed by atoms with Crippen molar-refractivity contribution < 1.29 is 14.3 Å². The quantitative estimate of drug-likeness (QED) is 0.894. The van der Waals surface area contributed by atoms with Gasteiger partial charge in [-0.15, -0.1) is 0 Å². The van der Waals surface area contributed by atoms with Crippen molar-refractivity contribution >= 4 is 17.5 Å². The highest BCUT2D eigenvalue weighted by Gasteiger charge is 2.22. The van der Waals surface area contributed by atoms with Crippen LogP contribution in [0.5, 0.6) is 0 Å². The van der Waals surface area contributed by atoms with Gasteiger partial charge in [0.15, 0.2) is 0 Å². The van der Waals surface area contributed by atoms with Gasteiger partial charge in [-0.05, 0) is 30.6 Å². The number of hydrogen-bond acceptors (Lipinski definition) is 4. The Hall–Kier alpha value is -1.04. The molecule has 0 spiro atoms. The van der Waals surface area contributed by atoms with Gasteiger partial charge in [0.25, 0.3) is 5.91 Å². The van der Waals surface area contributed by atoms with E-state index in [0.717, 1.165) is 19.5 Å². The molecule has 2 heterocycles. The van der Waals surface area contributed by atoms with Crippen LogP contribution in [0.25, 0.3) is 0 Å². The Bertz CT molecular complexity index is 408. The number of halogens is 1. The molecule has 1 fully saturated rings. The number of amides is 1. The molecular weight excluding hydrogens is 256 g/mol. The van der Waals surface area contributed by atoms with E-state index in [2.05, 4.69) is 4.90 Å². The molecule has 2 rings (SSSR count). The van der Waals surface area contributed by atoms with Gasteiger partial charge in [-0.25, -0.2) is 0 Å². The van der Waals surface area contributed by atoms with E-state index in [0.29, 0.717) is 25.2 Å². The second-order valence-corrected chi connectivity index (χ2v) is 4.66. The Morgan fingerprint density at radius 1 is 1.39 bits per heavy atom. The monoisotopic (exact) mass is 272 g/mol. The Kier molecular flexibility index (Phi) is 4.63. The van der Waals surface area contributed by atoms with Crippen molar-refractivity contribution in [2.75, 3.05) is 39.3 Å². The second-order valence-electron chi connectivity index (χ2n) is 4.32. The summed E-state index contributed by atoms with van der Waals surface area (Å²) in [4.78, 5) is 16.2. The molecule has 1 aliphatic heterocycles. The molecule has 0 radical (unpaired) electrons. The molecule has 1 amide bonds. The van der Waals surface area contributed by atoms with Gasteiger partial charge >= 0.3 is 0 Å². The largest absolute Gasteiger partial charge is 0.452 e. The van der Waals surface area contributed by atoms with Gasteiger partial charge in [0, 0.05) is 26.2 Å². The maximum absolute atomic E-state index is 12.2. The molecule has 5 nitrogen and oxygen atoms in total. The molecule has 0 aromatic carbocycles. The van der Waals surface area contributed by atoms with Crippen LogP contribution in [-0.4, -0.2) is 60.1 Å². The summed E-state index contributed by atoms with van der Waals surface area (Å²) in [6.07, 6.45) is 2.33. The number of rotatable bonds is 3. The first-order valence-electron chi connectivity index (χ1n) is 6.08. The van der Waals surface area contributed by atoms with E-state index in [-0.39, 0.29) is 17.7 Å². The number of aliphatic hydroxyl groups excluding tert-OH is 1. The third-order valence-electron chi connectivity index (χ3n) is 3.14.